The van der Waals surface area contributed by atoms with Crippen molar-refractivity contribution in [2.75, 3.05) is 5.32 Å². The first-order valence-electron chi connectivity index (χ1n) is 4.36. The van der Waals surface area contributed by atoms with Crippen LogP contribution >= 0.6 is 0 Å². The van der Waals surface area contributed by atoms with Crippen LogP contribution in [-0.2, 0) is 11.2 Å². The van der Waals surface area contributed by atoms with Gasteiger partial charge in [0.25, 0.3) is 0 Å². The maximum absolute atomic E-state index is 11.2. The predicted molar refractivity (Wildman–Crippen MR) is 55.7 cm³/mol. The molecule has 0 spiro atoms. The van der Waals surface area contributed by atoms with E-state index in [1.807, 2.05) is 18.2 Å². The molecule has 1 aromatic carbocycles. The van der Waals surface area contributed by atoms with Crippen LogP contribution in [0.4, 0.5) is 5.69 Å². The molecule has 0 aromatic heterocycles. The van der Waals surface area contributed by atoms with Crippen molar-refractivity contribution >= 4 is 24.5 Å². The molecule has 2 nitrogen and oxygen atoms in total. The van der Waals surface area contributed by atoms with Gasteiger partial charge in [0.05, 0.1) is 0 Å². The van der Waals surface area contributed by atoms with Gasteiger partial charge in [-0.05, 0) is 0 Å². The number of hydrogen-bond acceptors (Lipinski definition) is 1. The summed E-state index contributed by atoms with van der Waals surface area (Å²) in [5.41, 5.74) is 3.63. The van der Waals surface area contributed by atoms with E-state index in [0.717, 1.165) is 17.7 Å². The van der Waals surface area contributed by atoms with Crippen molar-refractivity contribution in [3.63, 3.8) is 0 Å². The molecule has 1 aliphatic rings. The van der Waals surface area contributed by atoms with Gasteiger partial charge < -0.3 is 0 Å². The molecule has 1 N–H and O–H groups in total. The molecule has 0 aliphatic carbocycles. The standard InChI is InChI=1S/C10H10BNO/c1-2-6-3-4-7-8(5-6)12-10(13)9(7)11/h3-5,11H,2H2,1H3,(H,12,13). The number of carbonyl (C=O) groups is 1. The summed E-state index contributed by atoms with van der Waals surface area (Å²) in [5.74, 6) is -0.0803. The summed E-state index contributed by atoms with van der Waals surface area (Å²) >= 11 is 0. The Labute approximate surface area is 78.0 Å². The molecule has 1 aliphatic heterocycles. The zero-order chi connectivity index (χ0) is 9.42. The number of carbonyl (C=O) groups excluding carboxylic acids is 1. The van der Waals surface area contributed by atoms with E-state index in [2.05, 4.69) is 19.7 Å². The van der Waals surface area contributed by atoms with E-state index in [1.165, 1.54) is 5.56 Å². The third-order valence-corrected chi connectivity index (χ3v) is 2.34. The molecule has 2 rings (SSSR count). The molecule has 0 unspecified atom stereocenters. The first-order chi connectivity index (χ1) is 6.22. The van der Waals surface area contributed by atoms with E-state index in [-0.39, 0.29) is 5.91 Å². The van der Waals surface area contributed by atoms with Crippen LogP contribution in [0.1, 0.15) is 18.1 Å². The van der Waals surface area contributed by atoms with E-state index in [9.17, 15) is 4.79 Å². The second kappa shape index (κ2) is 2.84. The van der Waals surface area contributed by atoms with Gasteiger partial charge in [-0.3, -0.25) is 0 Å². The molecular weight excluding hydrogens is 161 g/mol. The SMILES string of the molecule is B=C1C(=O)Nc2cc(CC)ccc21. The van der Waals surface area contributed by atoms with E-state index in [4.69, 9.17) is 0 Å². The fraction of sp³-hybridized carbons (Fsp3) is 0.200. The summed E-state index contributed by atoms with van der Waals surface area (Å²) in [6.45, 7) is 2.09. The van der Waals surface area contributed by atoms with Gasteiger partial charge in [0.1, 0.15) is 0 Å². The molecule has 1 aromatic rings. The van der Waals surface area contributed by atoms with Crippen LogP contribution in [0.5, 0.6) is 0 Å². The number of nitrogens with one attached hydrogen (secondary N) is 1. The van der Waals surface area contributed by atoms with Gasteiger partial charge in [0.15, 0.2) is 0 Å². The minimum absolute atomic E-state index is 0.0803. The van der Waals surface area contributed by atoms with Crippen LogP contribution in [0.3, 0.4) is 0 Å². The number of anilines is 1. The summed E-state index contributed by atoms with van der Waals surface area (Å²) in [6.07, 6.45) is 0.982. The van der Waals surface area contributed by atoms with Crippen molar-refractivity contribution in [3.05, 3.63) is 29.3 Å². The minimum atomic E-state index is -0.0803. The number of benzene rings is 1. The number of rotatable bonds is 1. The predicted octanol–water partition coefficient (Wildman–Crippen LogP) is 0.622. The summed E-state index contributed by atoms with van der Waals surface area (Å²) in [7, 11) is 3.72. The van der Waals surface area contributed by atoms with Gasteiger partial charge in [0, 0.05) is 0 Å². The zero-order valence-electron chi connectivity index (χ0n) is 7.55. The van der Waals surface area contributed by atoms with E-state index in [0.29, 0.717) is 5.46 Å². The van der Waals surface area contributed by atoms with Crippen LogP contribution in [0.15, 0.2) is 18.2 Å². The van der Waals surface area contributed by atoms with Crippen LogP contribution in [0.2, 0.25) is 0 Å². The summed E-state index contributed by atoms with van der Waals surface area (Å²) < 4.78 is 0. The van der Waals surface area contributed by atoms with Gasteiger partial charge in [-0.2, -0.15) is 0 Å². The quantitative estimate of drug-likeness (QED) is 0.616. The van der Waals surface area contributed by atoms with Crippen molar-refractivity contribution in [1.82, 2.24) is 0 Å². The summed E-state index contributed by atoms with van der Waals surface area (Å²) in [4.78, 5) is 11.2. The summed E-state index contributed by atoms with van der Waals surface area (Å²) in [6, 6.07) is 5.99. The molecule has 0 saturated heterocycles. The van der Waals surface area contributed by atoms with Crippen LogP contribution in [0.25, 0.3) is 0 Å². The third-order valence-electron chi connectivity index (χ3n) is 2.34. The molecule has 0 fully saturated rings. The molecule has 1 amide bonds. The Balaban J connectivity index is 2.52. The Kier molecular flexibility index (Phi) is 1.80. The Morgan fingerprint density at radius 3 is 2.92 bits per heavy atom. The van der Waals surface area contributed by atoms with Gasteiger partial charge in [-0.25, -0.2) is 0 Å². The fourth-order valence-corrected chi connectivity index (χ4v) is 1.50. The number of hydrogen-bond donors (Lipinski definition) is 1. The summed E-state index contributed by atoms with van der Waals surface area (Å²) in [5, 5.41) is 2.78. The number of fused-ring (bicyclic) bond motifs is 1. The average molecular weight is 171 g/mol. The first kappa shape index (κ1) is 8.23. The van der Waals surface area contributed by atoms with Crippen LogP contribution in [-0.4, -0.2) is 18.9 Å². The number of amides is 1. The third kappa shape index (κ3) is 1.20. The number of aryl methyl sites for hydroxylation is 1. The van der Waals surface area contributed by atoms with E-state index >= 15 is 0 Å². The molecule has 0 saturated carbocycles. The zero-order valence-corrected chi connectivity index (χ0v) is 7.55. The first-order valence-corrected chi connectivity index (χ1v) is 4.36. The second-order valence-corrected chi connectivity index (χ2v) is 3.17. The molecule has 13 heavy (non-hydrogen) atoms. The van der Waals surface area contributed by atoms with Crippen LogP contribution in [0, 0.1) is 0 Å². The maximum atomic E-state index is 11.2. The van der Waals surface area contributed by atoms with E-state index in [1.54, 1.807) is 0 Å². The van der Waals surface area contributed by atoms with E-state index < -0.39 is 0 Å². The van der Waals surface area contributed by atoms with Crippen molar-refractivity contribution in [2.45, 2.75) is 13.3 Å². The topological polar surface area (TPSA) is 29.1 Å². The molecule has 1 heterocycles. The van der Waals surface area contributed by atoms with Crippen molar-refractivity contribution in [3.8, 4) is 0 Å². The van der Waals surface area contributed by atoms with Crippen LogP contribution < -0.4 is 5.32 Å². The molecule has 0 bridgehead atoms. The van der Waals surface area contributed by atoms with Gasteiger partial charge in [0.2, 0.25) is 0 Å². The fourth-order valence-electron chi connectivity index (χ4n) is 1.50. The molecule has 0 radical (unpaired) electrons. The Morgan fingerprint density at radius 1 is 1.46 bits per heavy atom. The second-order valence-electron chi connectivity index (χ2n) is 3.17. The van der Waals surface area contributed by atoms with Gasteiger partial charge in [-0.1, -0.05) is 0 Å². The van der Waals surface area contributed by atoms with Gasteiger partial charge >= 0.3 is 77.3 Å². The molecule has 3 heteroatoms. The molecule has 64 valence electrons. The van der Waals surface area contributed by atoms with Crippen molar-refractivity contribution in [1.29, 1.82) is 0 Å². The van der Waals surface area contributed by atoms with Crippen molar-refractivity contribution < 1.29 is 4.79 Å². The normalized spacial score (nSPS) is 14.2. The Bertz CT molecular complexity index is 398. The Hall–Kier alpha value is -1.38. The molecular formula is C10H10BNO. The van der Waals surface area contributed by atoms with Crippen molar-refractivity contribution in [2.24, 2.45) is 0 Å². The average Bonchev–Trinajstić information content (AvgIpc) is 2.42. The molecule has 0 atom stereocenters. The van der Waals surface area contributed by atoms with Gasteiger partial charge in [-0.15, -0.1) is 0 Å². The monoisotopic (exact) mass is 171 g/mol. The Morgan fingerprint density at radius 2 is 2.23 bits per heavy atom.